The lowest BCUT2D eigenvalue weighted by Crippen LogP contribution is -2.36. The topological polar surface area (TPSA) is 73.9 Å². The highest BCUT2D eigenvalue weighted by atomic mass is 19.1. The fourth-order valence-corrected chi connectivity index (χ4v) is 4.95. The number of esters is 1. The van der Waals surface area contributed by atoms with Gasteiger partial charge in [0.05, 0.1) is 31.8 Å². The van der Waals surface area contributed by atoms with Crippen molar-refractivity contribution in [2.24, 2.45) is 0 Å². The van der Waals surface area contributed by atoms with E-state index < -0.39 is 17.7 Å². The summed E-state index contributed by atoms with van der Waals surface area (Å²) < 4.78 is 31.3. The predicted octanol–water partition coefficient (Wildman–Crippen LogP) is 5.16. The third-order valence-electron chi connectivity index (χ3n) is 6.49. The summed E-state index contributed by atoms with van der Waals surface area (Å²) in [6, 6.07) is 11.9. The Labute approximate surface area is 204 Å². The summed E-state index contributed by atoms with van der Waals surface area (Å²) in [7, 11) is 3.15. The summed E-state index contributed by atoms with van der Waals surface area (Å²) in [5, 5.41) is 3.28. The normalized spacial score (nSPS) is 19.9. The predicted molar refractivity (Wildman–Crippen MR) is 130 cm³/mol. The van der Waals surface area contributed by atoms with Crippen LogP contribution in [0.5, 0.6) is 11.5 Å². The number of halogens is 1. The van der Waals surface area contributed by atoms with Crippen molar-refractivity contribution >= 4 is 11.8 Å². The maximum absolute atomic E-state index is 15.0. The molecule has 0 unspecified atom stereocenters. The molecule has 0 saturated heterocycles. The molecule has 6 nitrogen and oxygen atoms in total. The summed E-state index contributed by atoms with van der Waals surface area (Å²) in [4.78, 5) is 26.7. The van der Waals surface area contributed by atoms with Crippen LogP contribution in [0.25, 0.3) is 0 Å². The summed E-state index contributed by atoms with van der Waals surface area (Å²) >= 11 is 0. The van der Waals surface area contributed by atoms with Crippen LogP contribution in [0.15, 0.2) is 65.0 Å². The van der Waals surface area contributed by atoms with E-state index in [1.54, 1.807) is 53.2 Å². The molecule has 2 aromatic carbocycles. The molecule has 7 heteroatoms. The zero-order valence-electron chi connectivity index (χ0n) is 20.6. The number of nitrogens with one attached hydrogen (secondary N) is 1. The van der Waals surface area contributed by atoms with Gasteiger partial charge in [0.15, 0.2) is 17.3 Å². The number of ether oxygens (including phenoxy) is 3. The number of ketones is 1. The second kappa shape index (κ2) is 9.94. The fraction of sp³-hybridized carbons (Fsp3) is 0.357. The molecule has 1 heterocycles. The molecule has 0 amide bonds. The smallest absolute Gasteiger partial charge is 0.337 e. The van der Waals surface area contributed by atoms with Gasteiger partial charge in [-0.05, 0) is 56.9 Å². The van der Waals surface area contributed by atoms with E-state index in [1.807, 2.05) is 18.2 Å². The summed E-state index contributed by atoms with van der Waals surface area (Å²) in [5.74, 6) is -0.893. The van der Waals surface area contributed by atoms with Gasteiger partial charge < -0.3 is 19.5 Å². The van der Waals surface area contributed by atoms with Gasteiger partial charge in [-0.3, -0.25) is 4.79 Å². The highest BCUT2D eigenvalue weighted by Gasteiger charge is 2.42. The zero-order valence-corrected chi connectivity index (χ0v) is 20.6. The average molecular weight is 480 g/mol. The van der Waals surface area contributed by atoms with E-state index in [9.17, 15) is 9.59 Å². The third-order valence-corrected chi connectivity index (χ3v) is 6.49. The van der Waals surface area contributed by atoms with E-state index in [2.05, 4.69) is 5.32 Å². The molecule has 1 aliphatic heterocycles. The summed E-state index contributed by atoms with van der Waals surface area (Å²) in [5.41, 5.74) is 3.18. The monoisotopic (exact) mass is 479 g/mol. The Morgan fingerprint density at radius 3 is 2.43 bits per heavy atom. The molecule has 0 bridgehead atoms. The lowest BCUT2D eigenvalue weighted by atomic mass is 9.71. The van der Waals surface area contributed by atoms with E-state index in [1.165, 1.54) is 6.07 Å². The highest BCUT2D eigenvalue weighted by molar-refractivity contribution is 6.04. The molecule has 2 aliphatic rings. The van der Waals surface area contributed by atoms with Gasteiger partial charge in [-0.1, -0.05) is 24.3 Å². The first-order valence-corrected chi connectivity index (χ1v) is 11.7. The van der Waals surface area contributed by atoms with Crippen molar-refractivity contribution in [3.8, 4) is 11.5 Å². The van der Waals surface area contributed by atoms with Gasteiger partial charge in [0.25, 0.3) is 0 Å². The molecule has 2 atom stereocenters. The van der Waals surface area contributed by atoms with Gasteiger partial charge in [-0.15, -0.1) is 0 Å². The average Bonchev–Trinajstić information content (AvgIpc) is 2.82. The number of Topliss-reactive ketones (excluding diaryl/α,β-unsaturated/α-hetero) is 1. The Hall–Kier alpha value is -3.61. The molecule has 0 spiro atoms. The van der Waals surface area contributed by atoms with Crippen LogP contribution in [0, 0.1) is 5.82 Å². The largest absolute Gasteiger partial charge is 0.493 e. The highest BCUT2D eigenvalue weighted by Crippen LogP contribution is 2.47. The van der Waals surface area contributed by atoms with E-state index in [4.69, 9.17) is 14.2 Å². The number of carbonyl (C=O) groups excluding carboxylic acids is 2. The Morgan fingerprint density at radius 2 is 1.77 bits per heavy atom. The minimum atomic E-state index is -0.836. The van der Waals surface area contributed by atoms with Crippen LogP contribution in [0.4, 0.5) is 4.39 Å². The van der Waals surface area contributed by atoms with Gasteiger partial charge in [-0.25, -0.2) is 9.18 Å². The van der Waals surface area contributed by atoms with Crippen molar-refractivity contribution in [1.29, 1.82) is 0 Å². The van der Waals surface area contributed by atoms with E-state index in [-0.39, 0.29) is 35.4 Å². The lowest BCUT2D eigenvalue weighted by molar-refractivity contribution is -0.143. The van der Waals surface area contributed by atoms with E-state index in [0.717, 1.165) is 5.56 Å². The molecule has 4 rings (SSSR count). The van der Waals surface area contributed by atoms with Gasteiger partial charge >= 0.3 is 5.97 Å². The molecular formula is C28H30FNO5. The van der Waals surface area contributed by atoms with Gasteiger partial charge in [0.1, 0.15) is 5.82 Å². The number of carbonyl (C=O) groups is 2. The van der Waals surface area contributed by atoms with Gasteiger partial charge in [0, 0.05) is 29.0 Å². The Bertz CT molecular complexity index is 1230. The second-order valence-electron chi connectivity index (χ2n) is 9.11. The van der Waals surface area contributed by atoms with Crippen LogP contribution in [-0.4, -0.2) is 32.1 Å². The number of hydrogen-bond acceptors (Lipinski definition) is 6. The van der Waals surface area contributed by atoms with Crippen molar-refractivity contribution in [1.82, 2.24) is 5.32 Å². The van der Waals surface area contributed by atoms with Crippen LogP contribution in [0.2, 0.25) is 0 Å². The molecule has 184 valence electrons. The number of allylic oxidation sites excluding steroid dienone is 3. The maximum atomic E-state index is 15.0. The van der Waals surface area contributed by atoms with Crippen LogP contribution < -0.4 is 14.8 Å². The molecule has 0 radical (unpaired) electrons. The summed E-state index contributed by atoms with van der Waals surface area (Å²) in [6.07, 6.45) is 0.411. The molecule has 1 aliphatic carbocycles. The first-order chi connectivity index (χ1) is 16.7. The third kappa shape index (κ3) is 4.67. The SMILES string of the molecule is COc1ccc([C@@H]2CC(=O)C3=C(C2)NC(C)=C(C(=O)OC(C)C)[C@H]3c2ccccc2F)cc1OC. The Morgan fingerprint density at radius 1 is 1.06 bits per heavy atom. The number of methoxy groups -OCH3 is 2. The van der Waals surface area contributed by atoms with Gasteiger partial charge in [0.2, 0.25) is 0 Å². The summed E-state index contributed by atoms with van der Waals surface area (Å²) in [6.45, 7) is 5.28. The standard InChI is InChI=1S/C28H30FNO5/c1-15(2)35-28(32)25-16(3)30-21-12-18(17-10-11-23(33-4)24(14-17)34-5)13-22(31)27(21)26(25)19-8-6-7-9-20(19)29/h6-11,14-15,18,26,30H,12-13H2,1-5H3/t18-,26+/m0/s1. The number of rotatable bonds is 6. The molecule has 1 N–H and O–H groups in total. The molecule has 0 fully saturated rings. The molecule has 2 aromatic rings. The Balaban J connectivity index is 1.79. The Kier molecular flexibility index (Phi) is 6.96. The minimum absolute atomic E-state index is 0.105. The second-order valence-corrected chi connectivity index (χ2v) is 9.11. The maximum Gasteiger partial charge on any atom is 0.337 e. The molecular weight excluding hydrogens is 449 g/mol. The van der Waals surface area contributed by atoms with E-state index >= 15 is 4.39 Å². The lowest BCUT2D eigenvalue weighted by Gasteiger charge is -2.37. The van der Waals surface area contributed by atoms with Crippen LogP contribution in [0.3, 0.4) is 0 Å². The van der Waals surface area contributed by atoms with Crippen molar-refractivity contribution < 1.29 is 28.2 Å². The molecule has 35 heavy (non-hydrogen) atoms. The molecule has 0 saturated carbocycles. The fourth-order valence-electron chi connectivity index (χ4n) is 4.95. The number of dihydropyridines is 1. The van der Waals surface area contributed by atoms with Crippen molar-refractivity contribution in [2.75, 3.05) is 14.2 Å². The first-order valence-electron chi connectivity index (χ1n) is 11.7. The van der Waals surface area contributed by atoms with Crippen molar-refractivity contribution in [3.05, 3.63) is 81.9 Å². The zero-order chi connectivity index (χ0) is 25.3. The van der Waals surface area contributed by atoms with Crippen molar-refractivity contribution in [2.45, 2.75) is 51.6 Å². The molecule has 0 aromatic heterocycles. The van der Waals surface area contributed by atoms with Crippen molar-refractivity contribution in [3.63, 3.8) is 0 Å². The van der Waals surface area contributed by atoms with Crippen LogP contribution in [0.1, 0.15) is 56.6 Å². The quantitative estimate of drug-likeness (QED) is 0.578. The number of benzene rings is 2. The van der Waals surface area contributed by atoms with Crippen LogP contribution in [-0.2, 0) is 14.3 Å². The van der Waals surface area contributed by atoms with Gasteiger partial charge in [-0.2, -0.15) is 0 Å². The van der Waals surface area contributed by atoms with Crippen LogP contribution >= 0.6 is 0 Å². The van der Waals surface area contributed by atoms with E-state index in [0.29, 0.717) is 34.9 Å². The number of hydrogen-bond donors (Lipinski definition) is 1. The minimum Gasteiger partial charge on any atom is -0.493 e. The first kappa shape index (κ1) is 24.5.